The average molecular weight is 267 g/mol. The third-order valence-electron chi connectivity index (χ3n) is 5.78. The van der Waals surface area contributed by atoms with E-state index >= 15 is 0 Å². The van der Waals surface area contributed by atoms with Gasteiger partial charge in [-0.2, -0.15) is 0 Å². The lowest BCUT2D eigenvalue weighted by molar-refractivity contribution is -0.180. The molecule has 1 spiro atoms. The molecule has 3 rings (SSSR count). The molecule has 3 nitrogen and oxygen atoms in total. The van der Waals surface area contributed by atoms with Crippen LogP contribution in [-0.2, 0) is 4.74 Å². The van der Waals surface area contributed by atoms with Gasteiger partial charge in [0.1, 0.15) is 0 Å². The summed E-state index contributed by atoms with van der Waals surface area (Å²) in [6.07, 6.45) is 8.91. The second-order valence-corrected chi connectivity index (χ2v) is 7.40. The van der Waals surface area contributed by atoms with Crippen molar-refractivity contribution >= 4 is 0 Å². The van der Waals surface area contributed by atoms with Gasteiger partial charge in [-0.25, -0.2) is 0 Å². The third-order valence-corrected chi connectivity index (χ3v) is 5.78. The van der Waals surface area contributed by atoms with Crippen molar-refractivity contribution in [3.05, 3.63) is 0 Å². The fraction of sp³-hybridized carbons (Fsp3) is 1.00. The molecule has 3 fully saturated rings. The third kappa shape index (κ3) is 2.57. The van der Waals surface area contributed by atoms with Gasteiger partial charge in [0.25, 0.3) is 0 Å². The number of rotatable bonds is 2. The van der Waals surface area contributed by atoms with Crippen molar-refractivity contribution < 1.29 is 9.84 Å². The van der Waals surface area contributed by atoms with E-state index in [1.807, 2.05) is 0 Å². The van der Waals surface area contributed by atoms with Gasteiger partial charge in [-0.1, -0.05) is 33.1 Å². The Morgan fingerprint density at radius 3 is 2.47 bits per heavy atom. The van der Waals surface area contributed by atoms with Crippen LogP contribution in [0.4, 0.5) is 0 Å². The number of hydrogen-bond acceptors (Lipinski definition) is 3. The van der Waals surface area contributed by atoms with Gasteiger partial charge in [-0.05, 0) is 31.6 Å². The van der Waals surface area contributed by atoms with Crippen LogP contribution in [0.15, 0.2) is 0 Å². The SMILES string of the molecule is CC(C)C1(O)CN(C2CCOC3(CCCCC3)C2)C1. The molecule has 2 heterocycles. The highest BCUT2D eigenvalue weighted by Crippen LogP contribution is 2.42. The van der Waals surface area contributed by atoms with Gasteiger partial charge in [0.15, 0.2) is 0 Å². The Morgan fingerprint density at radius 1 is 1.16 bits per heavy atom. The minimum Gasteiger partial charge on any atom is -0.387 e. The fourth-order valence-corrected chi connectivity index (χ4v) is 4.14. The van der Waals surface area contributed by atoms with Crippen LogP contribution >= 0.6 is 0 Å². The van der Waals surface area contributed by atoms with Crippen LogP contribution < -0.4 is 0 Å². The highest BCUT2D eigenvalue weighted by molar-refractivity contribution is 5.03. The Balaban J connectivity index is 1.58. The van der Waals surface area contributed by atoms with E-state index in [9.17, 15) is 5.11 Å². The zero-order valence-electron chi connectivity index (χ0n) is 12.5. The van der Waals surface area contributed by atoms with Gasteiger partial charge in [0, 0.05) is 25.7 Å². The van der Waals surface area contributed by atoms with E-state index in [4.69, 9.17) is 4.74 Å². The van der Waals surface area contributed by atoms with Crippen LogP contribution in [0.25, 0.3) is 0 Å². The number of ether oxygens (including phenoxy) is 1. The highest BCUT2D eigenvalue weighted by atomic mass is 16.5. The van der Waals surface area contributed by atoms with Crippen LogP contribution in [0, 0.1) is 5.92 Å². The summed E-state index contributed by atoms with van der Waals surface area (Å²) in [7, 11) is 0. The molecule has 1 saturated carbocycles. The monoisotopic (exact) mass is 267 g/mol. The summed E-state index contributed by atoms with van der Waals surface area (Å²) in [4.78, 5) is 2.50. The number of aliphatic hydroxyl groups is 1. The molecule has 3 aliphatic rings. The summed E-state index contributed by atoms with van der Waals surface area (Å²) in [5.74, 6) is 0.368. The van der Waals surface area contributed by atoms with Gasteiger partial charge in [-0.3, -0.25) is 4.90 Å². The summed E-state index contributed by atoms with van der Waals surface area (Å²) in [5.41, 5.74) is -0.245. The Kier molecular flexibility index (Phi) is 3.65. The van der Waals surface area contributed by atoms with Gasteiger partial charge < -0.3 is 9.84 Å². The summed E-state index contributed by atoms with van der Waals surface area (Å²) < 4.78 is 6.17. The number of likely N-dealkylation sites (tertiary alicyclic amines) is 1. The van der Waals surface area contributed by atoms with Gasteiger partial charge >= 0.3 is 0 Å². The molecular formula is C16H29NO2. The molecule has 0 amide bonds. The lowest BCUT2D eigenvalue weighted by atomic mass is 9.75. The van der Waals surface area contributed by atoms with Crippen LogP contribution in [0.5, 0.6) is 0 Å². The molecule has 19 heavy (non-hydrogen) atoms. The van der Waals surface area contributed by atoms with Crippen molar-refractivity contribution in [2.75, 3.05) is 19.7 Å². The van der Waals surface area contributed by atoms with Crippen LogP contribution in [0.2, 0.25) is 0 Å². The van der Waals surface area contributed by atoms with Crippen molar-refractivity contribution in [3.63, 3.8) is 0 Å². The smallest absolute Gasteiger partial charge is 0.0923 e. The maximum atomic E-state index is 10.4. The minimum atomic E-state index is -0.433. The summed E-state index contributed by atoms with van der Waals surface area (Å²) in [6, 6.07) is 0.644. The predicted octanol–water partition coefficient (Wildman–Crippen LogP) is 2.57. The minimum absolute atomic E-state index is 0.187. The van der Waals surface area contributed by atoms with Crippen LogP contribution in [0.3, 0.4) is 0 Å². The maximum absolute atomic E-state index is 10.4. The Hall–Kier alpha value is -0.120. The number of nitrogens with zero attached hydrogens (tertiary/aromatic N) is 1. The zero-order valence-corrected chi connectivity index (χ0v) is 12.5. The molecular weight excluding hydrogens is 238 g/mol. The van der Waals surface area contributed by atoms with Crippen molar-refractivity contribution in [1.82, 2.24) is 4.90 Å². The van der Waals surface area contributed by atoms with Crippen molar-refractivity contribution in [1.29, 1.82) is 0 Å². The molecule has 0 aromatic rings. The highest BCUT2D eigenvalue weighted by Gasteiger charge is 2.49. The van der Waals surface area contributed by atoms with E-state index in [2.05, 4.69) is 18.7 Å². The van der Waals surface area contributed by atoms with E-state index in [0.29, 0.717) is 12.0 Å². The van der Waals surface area contributed by atoms with Crippen LogP contribution in [0.1, 0.15) is 58.8 Å². The van der Waals surface area contributed by atoms with Gasteiger partial charge in [-0.15, -0.1) is 0 Å². The molecule has 0 aromatic carbocycles. The molecule has 2 aliphatic heterocycles. The van der Waals surface area contributed by atoms with E-state index < -0.39 is 5.60 Å². The fourth-order valence-electron chi connectivity index (χ4n) is 4.14. The van der Waals surface area contributed by atoms with Crippen molar-refractivity contribution in [2.24, 2.45) is 5.92 Å². The summed E-state index contributed by atoms with van der Waals surface area (Å²) in [5, 5.41) is 10.4. The molecule has 1 unspecified atom stereocenters. The molecule has 0 radical (unpaired) electrons. The van der Waals surface area contributed by atoms with Crippen molar-refractivity contribution in [2.45, 2.75) is 76.0 Å². The molecule has 1 aliphatic carbocycles. The first kappa shape index (κ1) is 13.8. The van der Waals surface area contributed by atoms with Gasteiger partial charge in [0.05, 0.1) is 11.2 Å². The maximum Gasteiger partial charge on any atom is 0.0923 e. The largest absolute Gasteiger partial charge is 0.387 e. The topological polar surface area (TPSA) is 32.7 Å². The standard InChI is InChI=1S/C16H29NO2/c1-13(2)16(18)11-17(12-16)14-6-9-19-15(10-14)7-4-3-5-8-15/h13-14,18H,3-12H2,1-2H3. The van der Waals surface area contributed by atoms with E-state index in [-0.39, 0.29) is 5.60 Å². The number of β-amino-alcohol motifs (C(OH)–C–C–N with tert-alkyl or cyclic N) is 1. The lowest BCUT2D eigenvalue weighted by Crippen LogP contribution is -2.68. The quantitative estimate of drug-likeness (QED) is 0.834. The van der Waals surface area contributed by atoms with Gasteiger partial charge in [0.2, 0.25) is 0 Å². The summed E-state index contributed by atoms with van der Waals surface area (Å²) in [6.45, 7) is 6.91. The first-order valence-corrected chi connectivity index (χ1v) is 8.13. The Morgan fingerprint density at radius 2 is 1.84 bits per heavy atom. The average Bonchev–Trinajstić information content (AvgIpc) is 2.35. The Bertz CT molecular complexity index is 311. The zero-order chi connectivity index (χ0) is 13.5. The van der Waals surface area contributed by atoms with E-state index in [0.717, 1.165) is 26.1 Å². The molecule has 3 heteroatoms. The first-order valence-electron chi connectivity index (χ1n) is 8.13. The lowest BCUT2D eigenvalue weighted by Gasteiger charge is -2.55. The Labute approximate surface area is 117 Å². The van der Waals surface area contributed by atoms with E-state index in [1.54, 1.807) is 0 Å². The van der Waals surface area contributed by atoms with Crippen LogP contribution in [-0.4, -0.2) is 46.9 Å². The summed E-state index contributed by atoms with van der Waals surface area (Å²) >= 11 is 0. The molecule has 110 valence electrons. The molecule has 0 aromatic heterocycles. The van der Waals surface area contributed by atoms with E-state index in [1.165, 1.54) is 38.5 Å². The molecule has 2 saturated heterocycles. The predicted molar refractivity (Wildman–Crippen MR) is 76.2 cm³/mol. The molecule has 1 N–H and O–H groups in total. The first-order chi connectivity index (χ1) is 9.03. The van der Waals surface area contributed by atoms with Crippen molar-refractivity contribution in [3.8, 4) is 0 Å². The molecule has 1 atom stereocenters. The normalized spacial score (nSPS) is 34.4. The second kappa shape index (κ2) is 5.01. The number of hydrogen-bond donors (Lipinski definition) is 1. The second-order valence-electron chi connectivity index (χ2n) is 7.40. The molecule has 0 bridgehead atoms.